The number of aryl methyl sites for hydroxylation is 2. The van der Waals surface area contributed by atoms with Gasteiger partial charge < -0.3 is 15.4 Å². The van der Waals surface area contributed by atoms with E-state index in [-0.39, 0.29) is 6.10 Å². The summed E-state index contributed by atoms with van der Waals surface area (Å²) in [5.41, 5.74) is 8.09. The quantitative estimate of drug-likeness (QED) is 0.866. The molecule has 0 saturated carbocycles. The summed E-state index contributed by atoms with van der Waals surface area (Å²) in [7, 11) is 2.01. The first kappa shape index (κ1) is 13.4. The van der Waals surface area contributed by atoms with Crippen LogP contribution in [0.25, 0.3) is 0 Å². The van der Waals surface area contributed by atoms with Gasteiger partial charge in [0, 0.05) is 32.3 Å². The lowest BCUT2D eigenvalue weighted by Gasteiger charge is -2.25. The smallest absolute Gasteiger partial charge is 0.130 e. The Morgan fingerprint density at radius 1 is 1.50 bits per heavy atom. The van der Waals surface area contributed by atoms with Crippen molar-refractivity contribution in [2.24, 2.45) is 12.8 Å². The van der Waals surface area contributed by atoms with Crippen molar-refractivity contribution in [3.63, 3.8) is 0 Å². The van der Waals surface area contributed by atoms with E-state index in [0.29, 0.717) is 6.54 Å². The minimum atomic E-state index is 0.272. The van der Waals surface area contributed by atoms with Crippen LogP contribution in [0, 0.1) is 6.92 Å². The van der Waals surface area contributed by atoms with Crippen molar-refractivity contribution >= 4 is 5.82 Å². The van der Waals surface area contributed by atoms with Gasteiger partial charge in [0.1, 0.15) is 5.82 Å². The maximum absolute atomic E-state index is 5.72. The Morgan fingerprint density at radius 2 is 2.28 bits per heavy atom. The lowest BCUT2D eigenvalue weighted by Crippen LogP contribution is -2.32. The molecule has 1 saturated heterocycles. The van der Waals surface area contributed by atoms with Crippen LogP contribution in [0.1, 0.15) is 24.6 Å². The Bertz CT molecular complexity index is 402. The Kier molecular flexibility index (Phi) is 4.24. The normalized spacial score (nSPS) is 21.1. The number of rotatable bonds is 3. The fourth-order valence-corrected chi connectivity index (χ4v) is 2.71. The monoisotopic (exact) mass is 252 g/mol. The number of ether oxygens (including phenoxy) is 1. The zero-order valence-electron chi connectivity index (χ0n) is 11.6. The van der Waals surface area contributed by atoms with Crippen molar-refractivity contribution in [1.82, 2.24) is 9.78 Å². The molecule has 0 amide bonds. The lowest BCUT2D eigenvalue weighted by molar-refractivity contribution is 0.0820. The standard InChI is InChI=1S/C13H24N4O/c1-10-9-17(7-4-8-18-10)13-12(5-6-14)11(2)15-16(13)3/h10H,4-9,14H2,1-3H3. The van der Waals surface area contributed by atoms with Crippen LogP contribution in [-0.2, 0) is 18.2 Å². The van der Waals surface area contributed by atoms with Crippen LogP contribution in [0.15, 0.2) is 0 Å². The molecule has 0 bridgehead atoms. The Hall–Kier alpha value is -1.07. The van der Waals surface area contributed by atoms with Gasteiger partial charge in [0.2, 0.25) is 0 Å². The molecule has 1 unspecified atom stereocenters. The second-order valence-corrected chi connectivity index (χ2v) is 5.03. The molecule has 0 aliphatic carbocycles. The average molecular weight is 252 g/mol. The van der Waals surface area contributed by atoms with Gasteiger partial charge in [-0.25, -0.2) is 0 Å². The molecule has 2 heterocycles. The predicted molar refractivity (Wildman–Crippen MR) is 72.9 cm³/mol. The third-order valence-corrected chi connectivity index (χ3v) is 3.46. The average Bonchev–Trinajstić information content (AvgIpc) is 2.50. The van der Waals surface area contributed by atoms with E-state index < -0.39 is 0 Å². The summed E-state index contributed by atoms with van der Waals surface area (Å²) in [4.78, 5) is 2.39. The number of aromatic nitrogens is 2. The van der Waals surface area contributed by atoms with E-state index in [1.807, 2.05) is 11.7 Å². The number of nitrogens with zero attached hydrogens (tertiary/aromatic N) is 3. The van der Waals surface area contributed by atoms with Gasteiger partial charge in [-0.05, 0) is 33.2 Å². The number of anilines is 1. The molecular formula is C13H24N4O. The summed E-state index contributed by atoms with van der Waals surface area (Å²) < 4.78 is 7.69. The highest BCUT2D eigenvalue weighted by atomic mass is 16.5. The van der Waals surface area contributed by atoms with E-state index in [9.17, 15) is 0 Å². The Labute approximate surface area is 109 Å². The van der Waals surface area contributed by atoms with Crippen LogP contribution in [0.3, 0.4) is 0 Å². The summed E-state index contributed by atoms with van der Waals surface area (Å²) in [6.07, 6.45) is 2.23. The van der Waals surface area contributed by atoms with Gasteiger partial charge in [-0.2, -0.15) is 5.10 Å². The van der Waals surface area contributed by atoms with E-state index >= 15 is 0 Å². The first-order chi connectivity index (χ1) is 8.63. The summed E-state index contributed by atoms with van der Waals surface area (Å²) in [6, 6.07) is 0. The molecule has 0 radical (unpaired) electrons. The van der Waals surface area contributed by atoms with Gasteiger partial charge in [-0.1, -0.05) is 0 Å². The maximum Gasteiger partial charge on any atom is 0.130 e. The molecule has 1 aliphatic rings. The second-order valence-electron chi connectivity index (χ2n) is 5.03. The topological polar surface area (TPSA) is 56.3 Å². The highest BCUT2D eigenvalue weighted by Gasteiger charge is 2.22. The van der Waals surface area contributed by atoms with E-state index in [1.165, 1.54) is 11.4 Å². The van der Waals surface area contributed by atoms with Crippen LogP contribution in [-0.4, -0.2) is 42.1 Å². The molecule has 5 heteroatoms. The molecular weight excluding hydrogens is 228 g/mol. The SMILES string of the molecule is Cc1nn(C)c(N2CCCOC(C)C2)c1CCN. The second kappa shape index (κ2) is 5.71. The molecule has 0 aromatic carbocycles. The van der Waals surface area contributed by atoms with Gasteiger partial charge >= 0.3 is 0 Å². The molecule has 1 aliphatic heterocycles. The summed E-state index contributed by atoms with van der Waals surface area (Å²) in [5, 5.41) is 4.54. The van der Waals surface area contributed by atoms with E-state index in [1.54, 1.807) is 0 Å². The van der Waals surface area contributed by atoms with E-state index in [0.717, 1.165) is 38.2 Å². The van der Waals surface area contributed by atoms with Crippen LogP contribution < -0.4 is 10.6 Å². The lowest BCUT2D eigenvalue weighted by atomic mass is 10.1. The first-order valence-corrected chi connectivity index (χ1v) is 6.72. The van der Waals surface area contributed by atoms with Gasteiger partial charge in [-0.3, -0.25) is 4.68 Å². The van der Waals surface area contributed by atoms with Crippen LogP contribution in [0.2, 0.25) is 0 Å². The molecule has 1 atom stereocenters. The van der Waals surface area contributed by atoms with Crippen molar-refractivity contribution in [3.8, 4) is 0 Å². The molecule has 102 valence electrons. The predicted octanol–water partition coefficient (Wildman–Crippen LogP) is 0.845. The molecule has 18 heavy (non-hydrogen) atoms. The zero-order chi connectivity index (χ0) is 13.1. The van der Waals surface area contributed by atoms with Crippen LogP contribution >= 0.6 is 0 Å². The first-order valence-electron chi connectivity index (χ1n) is 6.72. The molecule has 5 nitrogen and oxygen atoms in total. The largest absolute Gasteiger partial charge is 0.377 e. The number of hydrogen-bond acceptors (Lipinski definition) is 4. The highest BCUT2D eigenvalue weighted by Crippen LogP contribution is 2.25. The summed E-state index contributed by atoms with van der Waals surface area (Å²) >= 11 is 0. The third kappa shape index (κ3) is 2.67. The Morgan fingerprint density at radius 3 is 3.00 bits per heavy atom. The van der Waals surface area contributed by atoms with Crippen LogP contribution in [0.5, 0.6) is 0 Å². The van der Waals surface area contributed by atoms with Gasteiger partial charge in [0.15, 0.2) is 0 Å². The summed E-state index contributed by atoms with van der Waals surface area (Å²) in [5.74, 6) is 1.22. The molecule has 2 N–H and O–H groups in total. The van der Waals surface area contributed by atoms with E-state index in [4.69, 9.17) is 10.5 Å². The molecule has 1 aromatic heterocycles. The fourth-order valence-electron chi connectivity index (χ4n) is 2.71. The van der Waals surface area contributed by atoms with E-state index in [2.05, 4.69) is 23.8 Å². The maximum atomic E-state index is 5.72. The number of hydrogen-bond donors (Lipinski definition) is 1. The molecule has 0 spiro atoms. The number of nitrogens with two attached hydrogens (primary N) is 1. The van der Waals surface area contributed by atoms with Gasteiger partial charge in [0.05, 0.1) is 11.8 Å². The fraction of sp³-hybridized carbons (Fsp3) is 0.769. The zero-order valence-corrected chi connectivity index (χ0v) is 11.6. The van der Waals surface area contributed by atoms with Gasteiger partial charge in [-0.15, -0.1) is 0 Å². The molecule has 2 rings (SSSR count). The highest BCUT2D eigenvalue weighted by molar-refractivity contribution is 5.50. The van der Waals surface area contributed by atoms with Crippen molar-refractivity contribution in [2.45, 2.75) is 32.8 Å². The minimum absolute atomic E-state index is 0.272. The van der Waals surface area contributed by atoms with Crippen LogP contribution in [0.4, 0.5) is 5.82 Å². The minimum Gasteiger partial charge on any atom is -0.377 e. The summed E-state index contributed by atoms with van der Waals surface area (Å²) in [6.45, 7) is 7.66. The van der Waals surface area contributed by atoms with Crippen molar-refractivity contribution in [2.75, 3.05) is 31.1 Å². The van der Waals surface area contributed by atoms with Crippen molar-refractivity contribution < 1.29 is 4.74 Å². The van der Waals surface area contributed by atoms with Gasteiger partial charge in [0.25, 0.3) is 0 Å². The van der Waals surface area contributed by atoms with Crippen molar-refractivity contribution in [1.29, 1.82) is 0 Å². The van der Waals surface area contributed by atoms with Crippen molar-refractivity contribution in [3.05, 3.63) is 11.3 Å². The molecule has 1 aromatic rings. The molecule has 1 fully saturated rings. The third-order valence-electron chi connectivity index (χ3n) is 3.46. The Balaban J connectivity index is 2.30.